The van der Waals surface area contributed by atoms with Crippen molar-refractivity contribution in [2.75, 3.05) is 6.61 Å². The highest BCUT2D eigenvalue weighted by Gasteiger charge is 2.24. The van der Waals surface area contributed by atoms with Crippen molar-refractivity contribution in [3.8, 4) is 5.75 Å². The summed E-state index contributed by atoms with van der Waals surface area (Å²) in [5.74, 6) is 0.574. The number of hydrogen-bond donors (Lipinski definition) is 0. The van der Waals surface area contributed by atoms with E-state index in [1.165, 1.54) is 12.1 Å². The number of nitro benzene ring substituents is 1. The van der Waals surface area contributed by atoms with Crippen LogP contribution in [0.2, 0.25) is 0 Å². The van der Waals surface area contributed by atoms with Gasteiger partial charge in [0, 0.05) is 24.3 Å². The van der Waals surface area contributed by atoms with Gasteiger partial charge in [-0.1, -0.05) is 0 Å². The van der Waals surface area contributed by atoms with Crippen molar-refractivity contribution in [3.63, 3.8) is 0 Å². The van der Waals surface area contributed by atoms with Crippen LogP contribution in [0.25, 0.3) is 6.08 Å². The molecule has 1 aromatic carbocycles. The molecule has 1 atom stereocenters. The molecule has 0 N–H and O–H groups in total. The van der Waals surface area contributed by atoms with Crippen molar-refractivity contribution in [1.82, 2.24) is 0 Å². The van der Waals surface area contributed by atoms with Gasteiger partial charge in [-0.3, -0.25) is 10.1 Å². The van der Waals surface area contributed by atoms with Crippen molar-refractivity contribution in [2.45, 2.75) is 20.1 Å². The Morgan fingerprint density at radius 3 is 2.89 bits per heavy atom. The molecule has 96 valence electrons. The number of rotatable bonds is 3. The summed E-state index contributed by atoms with van der Waals surface area (Å²) < 4.78 is 11.7. The lowest BCUT2D eigenvalue weighted by Crippen LogP contribution is -2.25. The minimum absolute atomic E-state index is 0.0307. The van der Waals surface area contributed by atoms with Gasteiger partial charge in [0.05, 0.1) is 9.40 Å². The van der Waals surface area contributed by atoms with Gasteiger partial charge in [-0.2, -0.15) is 0 Å². The molecule has 18 heavy (non-hydrogen) atoms. The average molecular weight is 314 g/mol. The Labute approximate surface area is 113 Å². The molecule has 1 heterocycles. The third-order valence-electron chi connectivity index (χ3n) is 2.57. The van der Waals surface area contributed by atoms with E-state index < -0.39 is 11.2 Å². The van der Waals surface area contributed by atoms with Crippen molar-refractivity contribution in [2.24, 2.45) is 0 Å². The standard InChI is InChI=1S/C12H12BrNO4/c1-3-17-12-7(2)4-8-5-9(14(15)16)6-10(13)11(8)18-12/h4-6,12H,3H2,1-2H3. The first-order valence-electron chi connectivity index (χ1n) is 5.47. The first-order valence-corrected chi connectivity index (χ1v) is 6.26. The second-order valence-corrected chi connectivity index (χ2v) is 4.75. The number of ether oxygens (including phenoxy) is 2. The van der Waals surface area contributed by atoms with Crippen LogP contribution in [0.5, 0.6) is 5.75 Å². The van der Waals surface area contributed by atoms with Crippen LogP contribution >= 0.6 is 15.9 Å². The van der Waals surface area contributed by atoms with Gasteiger partial charge in [-0.15, -0.1) is 0 Å². The molecule has 5 nitrogen and oxygen atoms in total. The van der Waals surface area contributed by atoms with Crippen LogP contribution in [0.1, 0.15) is 19.4 Å². The van der Waals surface area contributed by atoms with Crippen LogP contribution in [0.4, 0.5) is 5.69 Å². The molecule has 1 aliphatic rings. The Bertz CT molecular complexity index is 527. The van der Waals surface area contributed by atoms with E-state index in [2.05, 4.69) is 15.9 Å². The first-order chi connectivity index (χ1) is 8.52. The molecule has 0 amide bonds. The normalized spacial score (nSPS) is 17.7. The molecule has 0 bridgehead atoms. The fourth-order valence-corrected chi connectivity index (χ4v) is 2.32. The van der Waals surface area contributed by atoms with Crippen LogP contribution in [0.15, 0.2) is 22.2 Å². The summed E-state index contributed by atoms with van der Waals surface area (Å²) in [4.78, 5) is 10.4. The predicted molar refractivity (Wildman–Crippen MR) is 70.5 cm³/mol. The van der Waals surface area contributed by atoms with Gasteiger partial charge in [0.2, 0.25) is 6.29 Å². The highest BCUT2D eigenvalue weighted by atomic mass is 79.9. The van der Waals surface area contributed by atoms with E-state index in [9.17, 15) is 10.1 Å². The van der Waals surface area contributed by atoms with Crippen molar-refractivity contribution < 1.29 is 14.4 Å². The monoisotopic (exact) mass is 313 g/mol. The number of non-ortho nitro benzene ring substituents is 1. The summed E-state index contributed by atoms with van der Waals surface area (Å²) in [7, 11) is 0. The number of nitrogens with zero attached hydrogens (tertiary/aromatic N) is 1. The SMILES string of the molecule is CCOC1Oc2c(Br)cc([N+](=O)[O-])cc2C=C1C. The van der Waals surface area contributed by atoms with Crippen LogP contribution in [-0.4, -0.2) is 17.8 Å². The smallest absolute Gasteiger partial charge is 0.271 e. The van der Waals surface area contributed by atoms with Gasteiger partial charge in [0.15, 0.2) is 0 Å². The van der Waals surface area contributed by atoms with Gasteiger partial charge in [-0.25, -0.2) is 0 Å². The molecule has 2 rings (SSSR count). The van der Waals surface area contributed by atoms with E-state index >= 15 is 0 Å². The number of halogens is 1. The lowest BCUT2D eigenvalue weighted by Gasteiger charge is -2.25. The van der Waals surface area contributed by atoms with Crippen LogP contribution in [0.3, 0.4) is 0 Å². The maximum Gasteiger partial charge on any atom is 0.271 e. The molecule has 0 fully saturated rings. The molecule has 1 aromatic rings. The van der Waals surface area contributed by atoms with E-state index in [1.54, 1.807) is 0 Å². The Hall–Kier alpha value is -1.40. The minimum Gasteiger partial charge on any atom is -0.459 e. The molecular weight excluding hydrogens is 302 g/mol. The zero-order valence-corrected chi connectivity index (χ0v) is 11.6. The molecule has 0 aromatic heterocycles. The van der Waals surface area contributed by atoms with Crippen molar-refractivity contribution >= 4 is 27.7 Å². The molecule has 0 saturated carbocycles. The average Bonchev–Trinajstić information content (AvgIpc) is 2.30. The summed E-state index contributed by atoms with van der Waals surface area (Å²) in [6.45, 7) is 4.29. The van der Waals surface area contributed by atoms with Gasteiger partial charge in [0.1, 0.15) is 5.75 Å². The fourth-order valence-electron chi connectivity index (χ4n) is 1.77. The minimum atomic E-state index is -0.430. The maximum absolute atomic E-state index is 10.8. The Morgan fingerprint density at radius 1 is 1.56 bits per heavy atom. The van der Waals surface area contributed by atoms with Crippen LogP contribution < -0.4 is 4.74 Å². The Balaban J connectivity index is 2.45. The molecule has 0 aliphatic carbocycles. The van der Waals surface area contributed by atoms with Gasteiger partial charge in [-0.05, 0) is 41.4 Å². The van der Waals surface area contributed by atoms with E-state index in [4.69, 9.17) is 9.47 Å². The predicted octanol–water partition coefficient (Wildman–Crippen LogP) is 3.52. The highest BCUT2D eigenvalue weighted by molar-refractivity contribution is 9.10. The molecule has 1 unspecified atom stereocenters. The van der Waals surface area contributed by atoms with Crippen molar-refractivity contribution in [3.05, 3.63) is 37.9 Å². The quantitative estimate of drug-likeness (QED) is 0.632. The summed E-state index contributed by atoms with van der Waals surface area (Å²) in [6, 6.07) is 2.92. The molecule has 0 radical (unpaired) electrons. The summed E-state index contributed by atoms with van der Waals surface area (Å²) in [5.41, 5.74) is 1.60. The maximum atomic E-state index is 10.8. The molecule has 6 heteroatoms. The summed E-state index contributed by atoms with van der Waals surface area (Å²) >= 11 is 3.29. The lowest BCUT2D eigenvalue weighted by molar-refractivity contribution is -0.385. The number of fused-ring (bicyclic) bond motifs is 1. The zero-order valence-electron chi connectivity index (χ0n) is 9.97. The second-order valence-electron chi connectivity index (χ2n) is 3.90. The lowest BCUT2D eigenvalue weighted by atomic mass is 10.1. The van der Waals surface area contributed by atoms with E-state index in [1.807, 2.05) is 19.9 Å². The topological polar surface area (TPSA) is 61.6 Å². The van der Waals surface area contributed by atoms with E-state index in [-0.39, 0.29) is 5.69 Å². The summed E-state index contributed by atoms with van der Waals surface area (Å²) in [6.07, 6.45) is 1.41. The third kappa shape index (κ3) is 2.39. The zero-order chi connectivity index (χ0) is 13.3. The van der Waals surface area contributed by atoms with Crippen LogP contribution in [0, 0.1) is 10.1 Å². The largest absolute Gasteiger partial charge is 0.459 e. The van der Waals surface area contributed by atoms with Gasteiger partial charge in [0.25, 0.3) is 5.69 Å². The van der Waals surface area contributed by atoms with E-state index in [0.717, 1.165) is 5.57 Å². The van der Waals surface area contributed by atoms with Crippen LogP contribution in [-0.2, 0) is 4.74 Å². The molecular formula is C12H12BrNO4. The Kier molecular flexibility index (Phi) is 3.68. The Morgan fingerprint density at radius 2 is 2.28 bits per heavy atom. The third-order valence-corrected chi connectivity index (χ3v) is 3.15. The summed E-state index contributed by atoms with van der Waals surface area (Å²) in [5, 5.41) is 10.8. The fraction of sp³-hybridized carbons (Fsp3) is 0.333. The molecule has 0 saturated heterocycles. The van der Waals surface area contributed by atoms with E-state index in [0.29, 0.717) is 22.4 Å². The number of nitro groups is 1. The molecule has 0 spiro atoms. The molecule has 1 aliphatic heterocycles. The van der Waals surface area contributed by atoms with Gasteiger partial charge < -0.3 is 9.47 Å². The van der Waals surface area contributed by atoms with Gasteiger partial charge >= 0.3 is 0 Å². The first kappa shape index (κ1) is 13.0. The number of hydrogen-bond acceptors (Lipinski definition) is 4. The highest BCUT2D eigenvalue weighted by Crippen LogP contribution is 2.39. The van der Waals surface area contributed by atoms with Crippen molar-refractivity contribution in [1.29, 1.82) is 0 Å². The second kappa shape index (κ2) is 5.07. The number of benzene rings is 1.